The summed E-state index contributed by atoms with van der Waals surface area (Å²) in [6.45, 7) is 0.142. The number of rotatable bonds is 5. The fraction of sp³-hybridized carbons (Fsp3) is 0.0952. The van der Waals surface area contributed by atoms with Gasteiger partial charge in [0.2, 0.25) is 6.79 Å². The van der Waals surface area contributed by atoms with Gasteiger partial charge in [-0.3, -0.25) is 9.10 Å². The number of hydrogen-bond donors (Lipinski definition) is 1. The van der Waals surface area contributed by atoms with E-state index in [0.29, 0.717) is 33.5 Å². The summed E-state index contributed by atoms with van der Waals surface area (Å²) in [5.41, 5.74) is 1.20. The number of hydrogen-bond acceptors (Lipinski definition) is 5. The molecule has 0 spiro atoms. The number of fused-ring (bicyclic) bond motifs is 1. The molecule has 4 rings (SSSR count). The summed E-state index contributed by atoms with van der Waals surface area (Å²) in [5, 5.41) is 3.22. The first-order chi connectivity index (χ1) is 14.3. The van der Waals surface area contributed by atoms with Crippen LogP contribution in [0.25, 0.3) is 0 Å². The summed E-state index contributed by atoms with van der Waals surface area (Å²) >= 11 is 5.84. The highest BCUT2D eigenvalue weighted by Gasteiger charge is 2.22. The Morgan fingerprint density at radius 1 is 1.00 bits per heavy atom. The SMILES string of the molecule is CN(c1cccc(C(=O)Nc2ccc3c(c2)OCO3)c1)S(=O)(=O)c1ccc(Cl)cc1. The molecule has 0 bridgehead atoms. The van der Waals surface area contributed by atoms with Crippen molar-refractivity contribution in [1.29, 1.82) is 0 Å². The van der Waals surface area contributed by atoms with Crippen molar-refractivity contribution in [2.24, 2.45) is 0 Å². The average Bonchev–Trinajstić information content (AvgIpc) is 3.21. The molecule has 7 nitrogen and oxygen atoms in total. The molecule has 154 valence electrons. The van der Waals surface area contributed by atoms with Crippen molar-refractivity contribution in [3.05, 3.63) is 77.3 Å². The minimum absolute atomic E-state index is 0.101. The van der Waals surface area contributed by atoms with Gasteiger partial charge in [-0.15, -0.1) is 0 Å². The van der Waals surface area contributed by atoms with Crippen LogP contribution in [-0.2, 0) is 10.0 Å². The van der Waals surface area contributed by atoms with Crippen LogP contribution in [0.1, 0.15) is 10.4 Å². The number of nitrogens with zero attached hydrogens (tertiary/aromatic N) is 1. The van der Waals surface area contributed by atoms with Gasteiger partial charge in [0, 0.05) is 29.4 Å². The zero-order chi connectivity index (χ0) is 21.3. The lowest BCUT2D eigenvalue weighted by atomic mass is 10.2. The van der Waals surface area contributed by atoms with Crippen LogP contribution in [0.5, 0.6) is 11.5 Å². The van der Waals surface area contributed by atoms with Crippen molar-refractivity contribution in [3.63, 3.8) is 0 Å². The van der Waals surface area contributed by atoms with Crippen molar-refractivity contribution in [2.75, 3.05) is 23.5 Å². The topological polar surface area (TPSA) is 84.9 Å². The number of carbonyl (C=O) groups excluding carboxylic acids is 1. The lowest BCUT2D eigenvalue weighted by molar-refractivity contribution is 0.102. The Kier molecular flexibility index (Phi) is 5.27. The summed E-state index contributed by atoms with van der Waals surface area (Å²) in [4.78, 5) is 12.8. The zero-order valence-electron chi connectivity index (χ0n) is 15.8. The first kappa shape index (κ1) is 20.1. The van der Waals surface area contributed by atoms with E-state index < -0.39 is 10.0 Å². The molecule has 0 aromatic heterocycles. The average molecular weight is 445 g/mol. The molecular formula is C21H17ClN2O5S. The number of anilines is 2. The summed E-state index contributed by atoms with van der Waals surface area (Å²) in [6.07, 6.45) is 0. The number of halogens is 1. The van der Waals surface area contributed by atoms with Gasteiger partial charge >= 0.3 is 0 Å². The molecule has 3 aromatic carbocycles. The minimum Gasteiger partial charge on any atom is -0.454 e. The fourth-order valence-corrected chi connectivity index (χ4v) is 4.24. The molecule has 0 fully saturated rings. The molecule has 1 aliphatic rings. The van der Waals surface area contributed by atoms with Crippen LogP contribution in [0.4, 0.5) is 11.4 Å². The summed E-state index contributed by atoms with van der Waals surface area (Å²) in [5.74, 6) is 0.785. The van der Waals surface area contributed by atoms with E-state index in [9.17, 15) is 13.2 Å². The predicted octanol–water partition coefficient (Wildman–Crippen LogP) is 4.15. The van der Waals surface area contributed by atoms with Crippen molar-refractivity contribution in [2.45, 2.75) is 4.90 Å². The highest BCUT2D eigenvalue weighted by atomic mass is 35.5. The van der Waals surface area contributed by atoms with Gasteiger partial charge in [0.25, 0.3) is 15.9 Å². The van der Waals surface area contributed by atoms with Crippen LogP contribution in [0.15, 0.2) is 71.6 Å². The number of ether oxygens (including phenoxy) is 2. The Morgan fingerprint density at radius 2 is 1.73 bits per heavy atom. The number of carbonyl (C=O) groups is 1. The van der Waals surface area contributed by atoms with Gasteiger partial charge in [-0.25, -0.2) is 8.42 Å². The van der Waals surface area contributed by atoms with Gasteiger partial charge in [0.05, 0.1) is 10.6 Å². The molecule has 0 unspecified atom stereocenters. The maximum absolute atomic E-state index is 12.9. The maximum Gasteiger partial charge on any atom is 0.264 e. The Balaban J connectivity index is 1.56. The van der Waals surface area contributed by atoms with Crippen molar-refractivity contribution in [3.8, 4) is 11.5 Å². The van der Waals surface area contributed by atoms with Crippen LogP contribution >= 0.6 is 11.6 Å². The molecule has 0 radical (unpaired) electrons. The van der Waals surface area contributed by atoms with E-state index in [1.807, 2.05) is 0 Å². The Hall–Kier alpha value is -3.23. The molecule has 1 aliphatic heterocycles. The maximum atomic E-state index is 12.9. The zero-order valence-corrected chi connectivity index (χ0v) is 17.4. The standard InChI is InChI=1S/C21H17ClN2O5S/c1-24(30(26,27)18-8-5-15(22)6-9-18)17-4-2-3-14(11-17)21(25)23-16-7-10-19-20(12-16)29-13-28-19/h2-12H,13H2,1H3,(H,23,25). The van der Waals surface area contributed by atoms with Gasteiger partial charge in [0.15, 0.2) is 11.5 Å². The summed E-state index contributed by atoms with van der Waals surface area (Å²) in [7, 11) is -2.38. The van der Waals surface area contributed by atoms with Crippen LogP contribution in [-0.4, -0.2) is 28.2 Å². The second-order valence-electron chi connectivity index (χ2n) is 6.50. The van der Waals surface area contributed by atoms with Crippen LogP contribution in [0, 0.1) is 0 Å². The smallest absolute Gasteiger partial charge is 0.264 e. The molecule has 30 heavy (non-hydrogen) atoms. The molecule has 9 heteroatoms. The Bertz CT molecular complexity index is 1210. The molecule has 0 saturated carbocycles. The third-order valence-electron chi connectivity index (χ3n) is 4.57. The summed E-state index contributed by atoms with van der Waals surface area (Å²) in [6, 6.07) is 17.3. The van der Waals surface area contributed by atoms with Gasteiger partial charge in [0.1, 0.15) is 0 Å². The van der Waals surface area contributed by atoms with Crippen LogP contribution < -0.4 is 19.1 Å². The van der Waals surface area contributed by atoms with Gasteiger partial charge in [-0.1, -0.05) is 17.7 Å². The Labute approximate surface area is 178 Å². The van der Waals surface area contributed by atoms with Crippen LogP contribution in [0.3, 0.4) is 0 Å². The third kappa shape index (κ3) is 3.92. The van der Waals surface area contributed by atoms with E-state index in [1.54, 1.807) is 36.4 Å². The number of sulfonamides is 1. The molecule has 1 heterocycles. The molecule has 0 atom stereocenters. The van der Waals surface area contributed by atoms with Crippen LogP contribution in [0.2, 0.25) is 5.02 Å². The highest BCUT2D eigenvalue weighted by Crippen LogP contribution is 2.34. The molecular weight excluding hydrogens is 428 g/mol. The van der Waals surface area contributed by atoms with E-state index in [4.69, 9.17) is 21.1 Å². The van der Waals surface area contributed by atoms with Crippen molar-refractivity contribution < 1.29 is 22.7 Å². The van der Waals surface area contributed by atoms with E-state index in [2.05, 4.69) is 5.32 Å². The van der Waals surface area contributed by atoms with E-state index in [-0.39, 0.29) is 17.6 Å². The highest BCUT2D eigenvalue weighted by molar-refractivity contribution is 7.92. The first-order valence-corrected chi connectivity index (χ1v) is 10.7. The Morgan fingerprint density at radius 3 is 2.50 bits per heavy atom. The molecule has 1 N–H and O–H groups in total. The normalized spacial score (nSPS) is 12.5. The van der Waals surface area contributed by atoms with Gasteiger partial charge < -0.3 is 14.8 Å². The van der Waals surface area contributed by atoms with E-state index in [1.165, 1.54) is 37.4 Å². The second kappa shape index (κ2) is 7.89. The molecule has 0 aliphatic carbocycles. The molecule has 1 amide bonds. The largest absolute Gasteiger partial charge is 0.454 e. The van der Waals surface area contributed by atoms with Gasteiger partial charge in [-0.05, 0) is 54.6 Å². The third-order valence-corrected chi connectivity index (χ3v) is 6.63. The second-order valence-corrected chi connectivity index (χ2v) is 8.90. The quantitative estimate of drug-likeness (QED) is 0.639. The van der Waals surface area contributed by atoms with E-state index in [0.717, 1.165) is 4.31 Å². The van der Waals surface area contributed by atoms with Crippen molar-refractivity contribution >= 4 is 38.9 Å². The van der Waals surface area contributed by atoms with Gasteiger partial charge in [-0.2, -0.15) is 0 Å². The lowest BCUT2D eigenvalue weighted by Crippen LogP contribution is -2.26. The molecule has 0 saturated heterocycles. The van der Waals surface area contributed by atoms with Crippen molar-refractivity contribution in [1.82, 2.24) is 0 Å². The first-order valence-electron chi connectivity index (χ1n) is 8.90. The monoisotopic (exact) mass is 444 g/mol. The lowest BCUT2D eigenvalue weighted by Gasteiger charge is -2.20. The summed E-state index contributed by atoms with van der Waals surface area (Å²) < 4.78 is 37.4. The predicted molar refractivity (Wildman–Crippen MR) is 114 cm³/mol. The fourth-order valence-electron chi connectivity index (χ4n) is 2.92. The molecule has 3 aromatic rings. The minimum atomic E-state index is -3.80. The van der Waals surface area contributed by atoms with E-state index >= 15 is 0 Å². The number of nitrogens with one attached hydrogen (secondary N) is 1. The number of benzene rings is 3. The number of amides is 1.